The molecule has 1 fully saturated rings. The van der Waals surface area contributed by atoms with Gasteiger partial charge in [-0.05, 0) is 18.8 Å². The summed E-state index contributed by atoms with van der Waals surface area (Å²) in [5, 5.41) is 0. The lowest BCUT2D eigenvalue weighted by Gasteiger charge is -2.24. The quantitative estimate of drug-likeness (QED) is 0.772. The number of rotatable bonds is 3. The second kappa shape index (κ2) is 4.88. The van der Waals surface area contributed by atoms with Crippen LogP contribution in [0.4, 0.5) is 13.2 Å². The van der Waals surface area contributed by atoms with Crippen LogP contribution in [0.1, 0.15) is 32.1 Å². The van der Waals surface area contributed by atoms with E-state index < -0.39 is 19.7 Å². The molecule has 1 aliphatic rings. The summed E-state index contributed by atoms with van der Waals surface area (Å²) in [6.45, 7) is 0. The van der Waals surface area contributed by atoms with Gasteiger partial charge in [0.15, 0.2) is 0 Å². The average Bonchev–Trinajstić information content (AvgIpc) is 1.99. The van der Waals surface area contributed by atoms with E-state index in [0.717, 1.165) is 32.1 Å². The molecule has 1 N–H and O–H groups in total. The molecule has 90 valence electrons. The molecule has 0 aromatic carbocycles. The minimum atomic E-state index is -4.53. The zero-order chi connectivity index (χ0) is 11.5. The summed E-state index contributed by atoms with van der Waals surface area (Å²) in [6, 6.07) is 0. The largest absolute Gasteiger partial charge is 0.397 e. The van der Waals surface area contributed by atoms with Crippen molar-refractivity contribution in [2.45, 2.75) is 38.3 Å². The van der Waals surface area contributed by atoms with Gasteiger partial charge in [-0.3, -0.25) is 4.57 Å². The molecule has 0 spiro atoms. The van der Waals surface area contributed by atoms with Crippen LogP contribution in [0, 0.1) is 5.92 Å². The van der Waals surface area contributed by atoms with E-state index in [1.807, 2.05) is 0 Å². The molecule has 0 heterocycles. The van der Waals surface area contributed by atoms with Crippen LogP contribution in [-0.2, 0) is 4.57 Å². The predicted molar refractivity (Wildman–Crippen MR) is 52.2 cm³/mol. The third kappa shape index (κ3) is 5.57. The van der Waals surface area contributed by atoms with Crippen molar-refractivity contribution in [1.82, 2.24) is 0 Å². The second-order valence-electron chi connectivity index (χ2n) is 4.31. The monoisotopic (exact) mass is 244 g/mol. The highest BCUT2D eigenvalue weighted by Gasteiger charge is 2.39. The Hall–Kier alpha value is -0.0200. The van der Waals surface area contributed by atoms with Crippen LogP contribution >= 0.6 is 7.37 Å². The number of halogens is 3. The summed E-state index contributed by atoms with van der Waals surface area (Å²) in [5.74, 6) is 0.0110. The van der Waals surface area contributed by atoms with Crippen molar-refractivity contribution >= 4 is 7.37 Å². The Morgan fingerprint density at radius 1 is 1.20 bits per heavy atom. The fraction of sp³-hybridized carbons (Fsp3) is 1.00. The van der Waals surface area contributed by atoms with E-state index in [-0.39, 0.29) is 12.1 Å². The molecule has 1 unspecified atom stereocenters. The zero-order valence-electron chi connectivity index (χ0n) is 8.46. The van der Waals surface area contributed by atoms with Gasteiger partial charge in [0.25, 0.3) is 0 Å². The standard InChI is InChI=1S/C9H16F3O2P/c10-9(11,12)7-15(13,14)6-8-4-2-1-3-5-8/h8H,1-7H2,(H,13,14). The maximum absolute atomic E-state index is 12.0. The lowest BCUT2D eigenvalue weighted by Crippen LogP contribution is -2.19. The maximum atomic E-state index is 12.0. The van der Waals surface area contributed by atoms with Crippen LogP contribution in [0.25, 0.3) is 0 Å². The van der Waals surface area contributed by atoms with Crippen LogP contribution in [0.2, 0.25) is 0 Å². The van der Waals surface area contributed by atoms with Crippen LogP contribution in [0.5, 0.6) is 0 Å². The smallest absolute Gasteiger partial charge is 0.344 e. The molecule has 0 aliphatic heterocycles. The molecule has 0 aromatic rings. The molecule has 1 atom stereocenters. The fourth-order valence-corrected chi connectivity index (χ4v) is 3.98. The van der Waals surface area contributed by atoms with Crippen molar-refractivity contribution in [2.24, 2.45) is 5.92 Å². The summed E-state index contributed by atoms with van der Waals surface area (Å²) >= 11 is 0. The Morgan fingerprint density at radius 2 is 1.73 bits per heavy atom. The Bertz CT molecular complexity index is 246. The van der Waals surface area contributed by atoms with Crippen LogP contribution in [0.15, 0.2) is 0 Å². The van der Waals surface area contributed by atoms with Gasteiger partial charge in [0.05, 0.1) is 0 Å². The van der Waals surface area contributed by atoms with Crippen molar-refractivity contribution in [3.8, 4) is 0 Å². The zero-order valence-corrected chi connectivity index (χ0v) is 9.36. The predicted octanol–water partition coefficient (Wildman–Crippen LogP) is 3.40. The molecule has 0 bridgehead atoms. The van der Waals surface area contributed by atoms with Crippen molar-refractivity contribution in [2.75, 3.05) is 12.3 Å². The van der Waals surface area contributed by atoms with Gasteiger partial charge in [-0.1, -0.05) is 19.3 Å². The first-order valence-corrected chi connectivity index (χ1v) is 7.19. The van der Waals surface area contributed by atoms with Crippen LogP contribution < -0.4 is 0 Å². The van der Waals surface area contributed by atoms with Gasteiger partial charge >= 0.3 is 6.18 Å². The van der Waals surface area contributed by atoms with Crippen LogP contribution in [-0.4, -0.2) is 23.4 Å². The molecule has 15 heavy (non-hydrogen) atoms. The third-order valence-electron chi connectivity index (χ3n) is 2.69. The van der Waals surface area contributed by atoms with E-state index in [4.69, 9.17) is 0 Å². The topological polar surface area (TPSA) is 37.3 Å². The summed E-state index contributed by atoms with van der Waals surface area (Å²) in [7, 11) is -4.01. The fourth-order valence-electron chi connectivity index (χ4n) is 2.12. The van der Waals surface area contributed by atoms with E-state index in [1.54, 1.807) is 0 Å². The van der Waals surface area contributed by atoms with E-state index in [9.17, 15) is 22.6 Å². The lowest BCUT2D eigenvalue weighted by molar-refractivity contribution is -0.107. The molecule has 1 rings (SSSR count). The average molecular weight is 244 g/mol. The van der Waals surface area contributed by atoms with E-state index in [2.05, 4.69) is 0 Å². The Morgan fingerprint density at radius 3 is 2.20 bits per heavy atom. The molecule has 1 saturated carbocycles. The third-order valence-corrected chi connectivity index (χ3v) is 4.63. The molecule has 0 radical (unpaired) electrons. The number of hydrogen-bond donors (Lipinski definition) is 1. The first kappa shape index (κ1) is 13.0. The Labute approximate surface area is 87.3 Å². The van der Waals surface area contributed by atoms with Gasteiger partial charge in [0.1, 0.15) is 6.16 Å². The molecule has 1 aliphatic carbocycles. The van der Waals surface area contributed by atoms with E-state index >= 15 is 0 Å². The molecule has 0 amide bonds. The summed E-state index contributed by atoms with van der Waals surface area (Å²) < 4.78 is 47.3. The molecule has 2 nitrogen and oxygen atoms in total. The van der Waals surface area contributed by atoms with Crippen molar-refractivity contribution in [3.63, 3.8) is 0 Å². The van der Waals surface area contributed by atoms with Crippen molar-refractivity contribution in [1.29, 1.82) is 0 Å². The highest BCUT2D eigenvalue weighted by molar-refractivity contribution is 7.58. The first-order chi connectivity index (χ1) is 6.79. The molecule has 0 aromatic heterocycles. The number of hydrogen-bond acceptors (Lipinski definition) is 1. The van der Waals surface area contributed by atoms with E-state index in [1.165, 1.54) is 0 Å². The normalized spacial score (nSPS) is 23.7. The van der Waals surface area contributed by atoms with Gasteiger partial charge in [-0.2, -0.15) is 13.2 Å². The minimum Gasteiger partial charge on any atom is -0.344 e. The summed E-state index contributed by atoms with van der Waals surface area (Å²) in [4.78, 5) is 9.24. The van der Waals surface area contributed by atoms with Crippen molar-refractivity contribution in [3.05, 3.63) is 0 Å². The summed E-state index contributed by atoms with van der Waals surface area (Å²) in [5.41, 5.74) is 0. The molecular weight excluding hydrogens is 228 g/mol. The molecular formula is C9H16F3O2P. The molecule has 0 saturated heterocycles. The van der Waals surface area contributed by atoms with Gasteiger partial charge in [0, 0.05) is 6.16 Å². The SMILES string of the molecule is O=P(O)(CC1CCCCC1)CC(F)(F)F. The van der Waals surface area contributed by atoms with Crippen LogP contribution in [0.3, 0.4) is 0 Å². The Kier molecular flexibility index (Phi) is 4.24. The number of alkyl halides is 3. The van der Waals surface area contributed by atoms with Gasteiger partial charge in [-0.15, -0.1) is 0 Å². The van der Waals surface area contributed by atoms with Crippen molar-refractivity contribution < 1.29 is 22.6 Å². The first-order valence-electron chi connectivity index (χ1n) is 5.16. The highest BCUT2D eigenvalue weighted by atomic mass is 31.2. The highest BCUT2D eigenvalue weighted by Crippen LogP contribution is 2.49. The minimum absolute atomic E-state index is 0.0110. The second-order valence-corrected chi connectivity index (χ2v) is 6.68. The van der Waals surface area contributed by atoms with Gasteiger partial charge in [-0.25, -0.2) is 0 Å². The maximum Gasteiger partial charge on any atom is 0.397 e. The summed E-state index contributed by atoms with van der Waals surface area (Å²) in [6.07, 6.45) is -1.61. The Balaban J connectivity index is 2.44. The van der Waals surface area contributed by atoms with Gasteiger partial charge < -0.3 is 4.89 Å². The van der Waals surface area contributed by atoms with Gasteiger partial charge in [0.2, 0.25) is 7.37 Å². The lowest BCUT2D eigenvalue weighted by atomic mass is 9.91. The molecule has 6 heteroatoms. The van der Waals surface area contributed by atoms with E-state index in [0.29, 0.717) is 0 Å².